The molecular weight excluding hydrogens is 400 g/mol. The largest absolute Gasteiger partial charge is 0.335 e. The minimum absolute atomic E-state index is 0.0659. The van der Waals surface area contributed by atoms with E-state index in [1.807, 2.05) is 23.1 Å². The highest BCUT2D eigenvalue weighted by atomic mass is 32.2. The normalized spacial score (nSPS) is 24.4. The number of rotatable bonds is 4. The predicted molar refractivity (Wildman–Crippen MR) is 113 cm³/mol. The SMILES string of the molecule is O=C(CSC1=Nc2ccccc2CS1)N(C1CCCC1)C1CCS(=O)(=O)C1. The van der Waals surface area contributed by atoms with E-state index in [-0.39, 0.29) is 29.5 Å². The number of hydrogen-bond acceptors (Lipinski definition) is 6. The number of sulfone groups is 1. The number of carbonyl (C=O) groups excluding carboxylic acids is 1. The highest BCUT2D eigenvalue weighted by molar-refractivity contribution is 8.38. The molecule has 146 valence electrons. The van der Waals surface area contributed by atoms with E-state index in [1.54, 1.807) is 11.8 Å². The minimum atomic E-state index is -3.00. The zero-order valence-corrected chi connectivity index (χ0v) is 17.6. The predicted octanol–water partition coefficient (Wildman–Crippen LogP) is 3.61. The van der Waals surface area contributed by atoms with Crippen LogP contribution in [0.15, 0.2) is 29.3 Å². The lowest BCUT2D eigenvalue weighted by Gasteiger charge is -2.34. The van der Waals surface area contributed by atoms with Gasteiger partial charge in [-0.1, -0.05) is 54.6 Å². The van der Waals surface area contributed by atoms with Gasteiger partial charge in [-0.2, -0.15) is 0 Å². The van der Waals surface area contributed by atoms with Crippen LogP contribution in [-0.2, 0) is 20.4 Å². The first-order chi connectivity index (χ1) is 13.0. The number of amides is 1. The van der Waals surface area contributed by atoms with Gasteiger partial charge in [0.15, 0.2) is 9.84 Å². The maximum atomic E-state index is 13.1. The van der Waals surface area contributed by atoms with Gasteiger partial charge in [-0.05, 0) is 30.9 Å². The lowest BCUT2D eigenvalue weighted by atomic mass is 10.1. The summed E-state index contributed by atoms with van der Waals surface area (Å²) in [5, 5.41) is 0. The molecule has 0 bridgehead atoms. The summed E-state index contributed by atoms with van der Waals surface area (Å²) in [6.45, 7) is 0. The van der Waals surface area contributed by atoms with Crippen LogP contribution in [0.25, 0.3) is 0 Å². The molecular formula is C19H24N2O3S3. The summed E-state index contributed by atoms with van der Waals surface area (Å²) in [5.74, 6) is 1.62. The lowest BCUT2D eigenvalue weighted by molar-refractivity contribution is -0.132. The number of thioether (sulfide) groups is 2. The van der Waals surface area contributed by atoms with Crippen LogP contribution in [0.1, 0.15) is 37.7 Å². The molecule has 8 heteroatoms. The van der Waals surface area contributed by atoms with Gasteiger partial charge in [0.05, 0.1) is 22.9 Å². The van der Waals surface area contributed by atoms with Gasteiger partial charge in [-0.25, -0.2) is 13.4 Å². The van der Waals surface area contributed by atoms with Gasteiger partial charge in [0.2, 0.25) is 5.91 Å². The van der Waals surface area contributed by atoms with Gasteiger partial charge in [0.25, 0.3) is 0 Å². The number of nitrogens with zero attached hydrogens (tertiary/aromatic N) is 2. The van der Waals surface area contributed by atoms with E-state index in [4.69, 9.17) is 0 Å². The molecule has 1 atom stereocenters. The topological polar surface area (TPSA) is 66.8 Å². The second-order valence-electron chi connectivity index (χ2n) is 7.38. The molecule has 2 heterocycles. The zero-order valence-electron chi connectivity index (χ0n) is 15.2. The van der Waals surface area contributed by atoms with Crippen LogP contribution in [0.2, 0.25) is 0 Å². The number of benzene rings is 1. The molecule has 0 spiro atoms. The molecule has 0 aromatic heterocycles. The van der Waals surface area contributed by atoms with Crippen molar-refractivity contribution >= 4 is 49.3 Å². The van der Waals surface area contributed by atoms with E-state index in [9.17, 15) is 13.2 Å². The number of para-hydroxylation sites is 1. The smallest absolute Gasteiger partial charge is 0.233 e. The first-order valence-electron chi connectivity index (χ1n) is 9.46. The van der Waals surface area contributed by atoms with Crippen molar-refractivity contribution in [2.45, 2.75) is 49.9 Å². The molecule has 3 aliphatic rings. The Morgan fingerprint density at radius 1 is 1.19 bits per heavy atom. The summed E-state index contributed by atoms with van der Waals surface area (Å²) < 4.78 is 24.8. The summed E-state index contributed by atoms with van der Waals surface area (Å²) in [4.78, 5) is 19.7. The molecule has 2 fully saturated rings. The van der Waals surface area contributed by atoms with Crippen molar-refractivity contribution in [3.63, 3.8) is 0 Å². The molecule has 1 unspecified atom stereocenters. The third-order valence-electron chi connectivity index (χ3n) is 5.48. The van der Waals surface area contributed by atoms with Crippen LogP contribution in [0.5, 0.6) is 0 Å². The number of hydrogen-bond donors (Lipinski definition) is 0. The molecule has 1 aromatic carbocycles. The van der Waals surface area contributed by atoms with Gasteiger partial charge in [-0.15, -0.1) is 0 Å². The maximum Gasteiger partial charge on any atom is 0.233 e. The van der Waals surface area contributed by atoms with Crippen LogP contribution >= 0.6 is 23.5 Å². The van der Waals surface area contributed by atoms with E-state index in [1.165, 1.54) is 17.3 Å². The summed E-state index contributed by atoms with van der Waals surface area (Å²) in [5.41, 5.74) is 2.21. The molecule has 1 saturated carbocycles. The van der Waals surface area contributed by atoms with E-state index in [0.29, 0.717) is 12.2 Å². The Hall–Kier alpha value is -0.990. The number of fused-ring (bicyclic) bond motifs is 1. The Kier molecular flexibility index (Phi) is 5.85. The Morgan fingerprint density at radius 2 is 1.96 bits per heavy atom. The van der Waals surface area contributed by atoms with Crippen molar-refractivity contribution in [1.29, 1.82) is 0 Å². The van der Waals surface area contributed by atoms with Crippen LogP contribution in [0, 0.1) is 0 Å². The van der Waals surface area contributed by atoms with Gasteiger partial charge in [0.1, 0.15) is 4.38 Å². The van der Waals surface area contributed by atoms with E-state index >= 15 is 0 Å². The average molecular weight is 425 g/mol. The van der Waals surface area contributed by atoms with Crippen LogP contribution in [0.4, 0.5) is 5.69 Å². The monoisotopic (exact) mass is 424 g/mol. The van der Waals surface area contributed by atoms with Crippen molar-refractivity contribution in [3.05, 3.63) is 29.8 Å². The Balaban J connectivity index is 1.44. The van der Waals surface area contributed by atoms with E-state index < -0.39 is 9.84 Å². The molecule has 1 aromatic rings. The minimum Gasteiger partial charge on any atom is -0.335 e. The van der Waals surface area contributed by atoms with Crippen LogP contribution in [-0.4, -0.2) is 52.9 Å². The summed E-state index contributed by atoms with van der Waals surface area (Å²) in [6.07, 6.45) is 4.82. The molecule has 2 aliphatic heterocycles. The fraction of sp³-hybridized carbons (Fsp3) is 0.579. The van der Waals surface area contributed by atoms with Crippen molar-refractivity contribution in [2.75, 3.05) is 17.3 Å². The van der Waals surface area contributed by atoms with E-state index in [2.05, 4.69) is 11.1 Å². The number of aliphatic imine (C=N–C) groups is 1. The summed E-state index contributed by atoms with van der Waals surface area (Å²) >= 11 is 3.16. The first kappa shape index (κ1) is 19.3. The quantitative estimate of drug-likeness (QED) is 0.739. The van der Waals surface area contributed by atoms with Crippen LogP contribution in [0.3, 0.4) is 0 Å². The molecule has 1 amide bonds. The van der Waals surface area contributed by atoms with E-state index in [0.717, 1.165) is 41.5 Å². The molecule has 1 aliphatic carbocycles. The molecule has 4 rings (SSSR count). The fourth-order valence-corrected chi connectivity index (χ4v) is 7.81. The second kappa shape index (κ2) is 8.17. The summed E-state index contributed by atoms with van der Waals surface area (Å²) in [7, 11) is -3.00. The van der Waals surface area contributed by atoms with Gasteiger partial charge in [-0.3, -0.25) is 4.79 Å². The van der Waals surface area contributed by atoms with Gasteiger partial charge < -0.3 is 4.90 Å². The van der Waals surface area contributed by atoms with Crippen molar-refractivity contribution < 1.29 is 13.2 Å². The standard InChI is InChI=1S/C19H24N2O3S3/c22-18(12-26-19-20-17-8-4-1-5-14(17)11-25-19)21(15-6-2-3-7-15)16-9-10-27(23,24)13-16/h1,4-5,8,15-16H,2-3,6-7,9-13H2. The highest BCUT2D eigenvalue weighted by Gasteiger charge is 2.38. The number of carbonyl (C=O) groups is 1. The van der Waals surface area contributed by atoms with Gasteiger partial charge >= 0.3 is 0 Å². The lowest BCUT2D eigenvalue weighted by Crippen LogP contribution is -2.47. The molecule has 0 N–H and O–H groups in total. The van der Waals surface area contributed by atoms with Crippen LogP contribution < -0.4 is 0 Å². The molecule has 0 radical (unpaired) electrons. The highest BCUT2D eigenvalue weighted by Crippen LogP contribution is 2.35. The molecule has 1 saturated heterocycles. The fourth-order valence-electron chi connectivity index (χ4n) is 4.17. The Morgan fingerprint density at radius 3 is 2.70 bits per heavy atom. The summed E-state index contributed by atoms with van der Waals surface area (Å²) in [6, 6.07) is 8.15. The third kappa shape index (κ3) is 4.54. The first-order valence-corrected chi connectivity index (χ1v) is 13.2. The molecule has 5 nitrogen and oxygen atoms in total. The zero-order chi connectivity index (χ0) is 18.9. The second-order valence-corrected chi connectivity index (χ2v) is 11.8. The maximum absolute atomic E-state index is 13.1. The van der Waals surface area contributed by atoms with Crippen molar-refractivity contribution in [3.8, 4) is 0 Å². The third-order valence-corrected chi connectivity index (χ3v) is 9.46. The van der Waals surface area contributed by atoms with Crippen molar-refractivity contribution in [1.82, 2.24) is 4.90 Å². The Labute approximate surface area is 169 Å². The molecule has 27 heavy (non-hydrogen) atoms. The van der Waals surface area contributed by atoms with Gasteiger partial charge in [0, 0.05) is 17.8 Å². The Bertz CT molecular complexity index is 848. The van der Waals surface area contributed by atoms with Crippen molar-refractivity contribution in [2.24, 2.45) is 4.99 Å². The average Bonchev–Trinajstić information content (AvgIpc) is 3.30.